The lowest BCUT2D eigenvalue weighted by molar-refractivity contribution is 0.283. The van der Waals surface area contributed by atoms with Gasteiger partial charge >= 0.3 is 0 Å². The predicted octanol–water partition coefficient (Wildman–Crippen LogP) is 3.81. The molecule has 0 radical (unpaired) electrons. The number of para-hydroxylation sites is 1. The van der Waals surface area contributed by atoms with Gasteiger partial charge in [0.2, 0.25) is 0 Å². The quantitative estimate of drug-likeness (QED) is 0.781. The number of rotatable bonds is 1. The molecule has 0 fully saturated rings. The Morgan fingerprint density at radius 1 is 1.14 bits per heavy atom. The molecule has 0 saturated carbocycles. The molecule has 0 aromatic heterocycles. The molecule has 1 aliphatic heterocycles. The molecule has 108 valence electrons. The number of aryl methyl sites for hydroxylation is 2. The van der Waals surface area contributed by atoms with Crippen LogP contribution in [0.1, 0.15) is 18.1 Å². The summed E-state index contributed by atoms with van der Waals surface area (Å²) in [6.07, 6.45) is -0.140. The van der Waals surface area contributed by atoms with Crippen molar-refractivity contribution in [3.05, 3.63) is 47.5 Å². The number of nitrogens with zero attached hydrogens (tertiary/aromatic N) is 1. The molecule has 0 spiro atoms. The molecule has 2 aromatic carbocycles. The number of anilines is 2. The van der Waals surface area contributed by atoms with Crippen molar-refractivity contribution in [2.75, 3.05) is 11.1 Å². The number of hydrogen-bond donors (Lipinski definition) is 2. The number of benzene rings is 2. The average Bonchev–Trinajstić information content (AvgIpc) is 2.43. The van der Waals surface area contributed by atoms with Crippen molar-refractivity contribution in [3.8, 4) is 5.75 Å². The third kappa shape index (κ3) is 2.57. The van der Waals surface area contributed by atoms with Crippen molar-refractivity contribution < 1.29 is 4.74 Å². The molecule has 4 nitrogen and oxygen atoms in total. The van der Waals surface area contributed by atoms with E-state index in [0.29, 0.717) is 5.69 Å². The fourth-order valence-corrected chi connectivity index (χ4v) is 2.45. The van der Waals surface area contributed by atoms with Crippen LogP contribution in [0.2, 0.25) is 0 Å². The number of aliphatic imine (C=N–C) groups is 1. The lowest BCUT2D eigenvalue weighted by atomic mass is 10.1. The van der Waals surface area contributed by atoms with Gasteiger partial charge in [0.05, 0.1) is 11.4 Å². The second-order valence-corrected chi connectivity index (χ2v) is 5.38. The summed E-state index contributed by atoms with van der Waals surface area (Å²) in [4.78, 5) is 4.77. The predicted molar refractivity (Wildman–Crippen MR) is 87.6 cm³/mol. The monoisotopic (exact) mass is 281 g/mol. The van der Waals surface area contributed by atoms with Crippen LogP contribution < -0.4 is 15.8 Å². The lowest BCUT2D eigenvalue weighted by Gasteiger charge is -2.27. The molecule has 1 unspecified atom stereocenters. The molecule has 0 aliphatic carbocycles. The second-order valence-electron chi connectivity index (χ2n) is 5.38. The molecule has 1 heterocycles. The van der Waals surface area contributed by atoms with E-state index in [9.17, 15) is 0 Å². The molecule has 0 amide bonds. The van der Waals surface area contributed by atoms with E-state index in [1.165, 1.54) is 0 Å². The number of ether oxygens (including phenoxy) is 1. The number of amidine groups is 1. The Hall–Kier alpha value is -2.49. The van der Waals surface area contributed by atoms with Crippen LogP contribution in [0.3, 0.4) is 0 Å². The third-order valence-electron chi connectivity index (χ3n) is 3.63. The van der Waals surface area contributed by atoms with Gasteiger partial charge in [-0.1, -0.05) is 18.2 Å². The van der Waals surface area contributed by atoms with Crippen LogP contribution in [0.4, 0.5) is 17.1 Å². The van der Waals surface area contributed by atoms with Crippen molar-refractivity contribution in [1.29, 1.82) is 0 Å². The number of hydrogen-bond acceptors (Lipinski definition) is 3. The molecule has 0 bridgehead atoms. The maximum Gasteiger partial charge on any atom is 0.153 e. The Balaban J connectivity index is 2.00. The summed E-state index contributed by atoms with van der Waals surface area (Å²) >= 11 is 0. The van der Waals surface area contributed by atoms with Crippen LogP contribution in [-0.2, 0) is 0 Å². The van der Waals surface area contributed by atoms with Crippen molar-refractivity contribution in [2.45, 2.75) is 26.9 Å². The zero-order valence-electron chi connectivity index (χ0n) is 12.5. The van der Waals surface area contributed by atoms with E-state index in [-0.39, 0.29) is 6.10 Å². The van der Waals surface area contributed by atoms with Gasteiger partial charge in [-0.3, -0.25) is 0 Å². The summed E-state index contributed by atoms with van der Waals surface area (Å²) in [5, 5.41) is 3.35. The summed E-state index contributed by atoms with van der Waals surface area (Å²) in [7, 11) is 0. The standard InChI is InChI=1S/C17H19N3O/c1-10-5-4-6-11(2)16(10)20-17-12(3)21-15-9-13(18)7-8-14(15)19-17/h4-9,12H,18H2,1-3H3,(H,19,20). The normalized spacial score (nSPS) is 18.8. The Bertz CT molecular complexity index is 702. The first-order valence-electron chi connectivity index (χ1n) is 7.02. The van der Waals surface area contributed by atoms with E-state index in [4.69, 9.17) is 15.5 Å². The third-order valence-corrected chi connectivity index (χ3v) is 3.63. The fourth-order valence-electron chi connectivity index (χ4n) is 2.45. The second kappa shape index (κ2) is 5.13. The molecular weight excluding hydrogens is 262 g/mol. The van der Waals surface area contributed by atoms with Crippen molar-refractivity contribution >= 4 is 22.9 Å². The van der Waals surface area contributed by atoms with Gasteiger partial charge in [0.25, 0.3) is 0 Å². The maximum absolute atomic E-state index is 5.90. The van der Waals surface area contributed by atoms with E-state index in [1.807, 2.05) is 31.2 Å². The first kappa shape index (κ1) is 13.5. The van der Waals surface area contributed by atoms with Crippen LogP contribution in [0, 0.1) is 13.8 Å². The SMILES string of the molecule is Cc1cccc(C)c1N=C1Nc2ccc(N)cc2OC1C. The average molecular weight is 281 g/mol. The highest BCUT2D eigenvalue weighted by Gasteiger charge is 2.22. The van der Waals surface area contributed by atoms with Crippen molar-refractivity contribution in [3.63, 3.8) is 0 Å². The maximum atomic E-state index is 5.90. The number of nitrogens with one attached hydrogen (secondary N) is 1. The molecule has 4 heteroatoms. The minimum Gasteiger partial charge on any atom is -0.481 e. The molecule has 0 saturated heterocycles. The minimum atomic E-state index is -0.140. The molecule has 2 aromatic rings. The van der Waals surface area contributed by atoms with E-state index >= 15 is 0 Å². The minimum absolute atomic E-state index is 0.140. The van der Waals surface area contributed by atoms with E-state index in [2.05, 4.69) is 31.3 Å². The summed E-state index contributed by atoms with van der Waals surface area (Å²) in [5.41, 5.74) is 10.7. The Morgan fingerprint density at radius 2 is 1.86 bits per heavy atom. The number of nitrogens with two attached hydrogens (primary N) is 1. The van der Waals surface area contributed by atoms with Gasteiger partial charge < -0.3 is 15.8 Å². The summed E-state index contributed by atoms with van der Waals surface area (Å²) in [6, 6.07) is 11.8. The van der Waals surface area contributed by atoms with E-state index in [1.54, 1.807) is 0 Å². The molecule has 1 atom stereocenters. The van der Waals surface area contributed by atoms with Crippen LogP contribution in [-0.4, -0.2) is 11.9 Å². The van der Waals surface area contributed by atoms with Crippen LogP contribution in [0.5, 0.6) is 5.75 Å². The zero-order valence-corrected chi connectivity index (χ0v) is 12.5. The van der Waals surface area contributed by atoms with Crippen molar-refractivity contribution in [1.82, 2.24) is 0 Å². The lowest BCUT2D eigenvalue weighted by Crippen LogP contribution is -2.34. The van der Waals surface area contributed by atoms with E-state index in [0.717, 1.165) is 34.1 Å². The highest BCUT2D eigenvalue weighted by molar-refractivity contribution is 6.03. The molecular formula is C17H19N3O. The highest BCUT2D eigenvalue weighted by Crippen LogP contribution is 2.33. The van der Waals surface area contributed by atoms with Gasteiger partial charge in [-0.2, -0.15) is 0 Å². The van der Waals surface area contributed by atoms with Gasteiger partial charge in [0, 0.05) is 11.8 Å². The van der Waals surface area contributed by atoms with Crippen LogP contribution in [0.25, 0.3) is 0 Å². The molecule has 3 N–H and O–H groups in total. The van der Waals surface area contributed by atoms with Gasteiger partial charge in [-0.05, 0) is 44.0 Å². The van der Waals surface area contributed by atoms with Crippen LogP contribution in [0.15, 0.2) is 41.4 Å². The first-order valence-corrected chi connectivity index (χ1v) is 7.02. The smallest absolute Gasteiger partial charge is 0.153 e. The molecule has 1 aliphatic rings. The summed E-state index contributed by atoms with van der Waals surface area (Å²) < 4.78 is 5.90. The van der Waals surface area contributed by atoms with E-state index < -0.39 is 0 Å². The van der Waals surface area contributed by atoms with Gasteiger partial charge in [-0.25, -0.2) is 4.99 Å². The van der Waals surface area contributed by atoms with Crippen molar-refractivity contribution in [2.24, 2.45) is 4.99 Å². The molecule has 3 rings (SSSR count). The van der Waals surface area contributed by atoms with Gasteiger partial charge in [0.15, 0.2) is 6.10 Å². The molecule has 21 heavy (non-hydrogen) atoms. The van der Waals surface area contributed by atoms with Gasteiger partial charge in [-0.15, -0.1) is 0 Å². The number of fused-ring (bicyclic) bond motifs is 1. The number of nitrogen functional groups attached to an aromatic ring is 1. The zero-order chi connectivity index (χ0) is 15.0. The topological polar surface area (TPSA) is 59.6 Å². The largest absolute Gasteiger partial charge is 0.481 e. The Morgan fingerprint density at radius 3 is 2.57 bits per heavy atom. The summed E-state index contributed by atoms with van der Waals surface area (Å²) in [6.45, 7) is 6.11. The first-order chi connectivity index (χ1) is 10.0. The van der Waals surface area contributed by atoms with Crippen LogP contribution >= 0.6 is 0 Å². The Labute approximate surface area is 124 Å². The highest BCUT2D eigenvalue weighted by atomic mass is 16.5. The Kier molecular flexibility index (Phi) is 3.29. The fraction of sp³-hybridized carbons (Fsp3) is 0.235. The summed E-state index contributed by atoms with van der Waals surface area (Å²) in [5.74, 6) is 1.58. The van der Waals surface area contributed by atoms with Gasteiger partial charge in [0.1, 0.15) is 11.6 Å².